The van der Waals surface area contributed by atoms with E-state index < -0.39 is 0 Å². The number of hydrogen-bond acceptors (Lipinski definition) is 6. The van der Waals surface area contributed by atoms with E-state index in [4.69, 9.17) is 4.74 Å². The van der Waals surface area contributed by atoms with Crippen molar-refractivity contribution in [3.8, 4) is 34.1 Å². The highest BCUT2D eigenvalue weighted by Crippen LogP contribution is 2.29. The van der Waals surface area contributed by atoms with Gasteiger partial charge in [-0.1, -0.05) is 56.7 Å². The smallest absolute Gasteiger partial charge is 0.333 e. The number of pyridine rings is 1. The van der Waals surface area contributed by atoms with Gasteiger partial charge in [-0.3, -0.25) is 14.1 Å². The molecule has 0 aliphatic rings. The average molecular weight is 496 g/mol. The first-order valence-electron chi connectivity index (χ1n) is 12.4. The Kier molecular flexibility index (Phi) is 6.93. The summed E-state index contributed by atoms with van der Waals surface area (Å²) < 4.78 is 9.22. The van der Waals surface area contributed by atoms with Crippen LogP contribution in [0.2, 0.25) is 0 Å². The first kappa shape index (κ1) is 24.2. The molecule has 0 atom stereocenters. The van der Waals surface area contributed by atoms with Gasteiger partial charge in [-0.2, -0.15) is 5.21 Å². The molecule has 9 heteroatoms. The third-order valence-corrected chi connectivity index (χ3v) is 6.45. The van der Waals surface area contributed by atoms with Gasteiger partial charge in [0.25, 0.3) is 0 Å². The molecule has 1 N–H and O–H groups in total. The predicted molar refractivity (Wildman–Crippen MR) is 142 cm³/mol. The molecule has 3 heterocycles. The number of H-pyrrole nitrogens is 1. The number of methoxy groups -OCH3 is 1. The van der Waals surface area contributed by atoms with Crippen molar-refractivity contribution in [1.82, 2.24) is 34.7 Å². The molecule has 0 spiro atoms. The van der Waals surface area contributed by atoms with Gasteiger partial charge in [-0.15, -0.1) is 10.2 Å². The molecule has 0 bridgehead atoms. The third kappa shape index (κ3) is 4.67. The van der Waals surface area contributed by atoms with Crippen molar-refractivity contribution >= 4 is 0 Å². The fourth-order valence-corrected chi connectivity index (χ4v) is 4.65. The Balaban J connectivity index is 1.51. The molecule has 188 valence electrons. The molecule has 0 radical (unpaired) electrons. The molecular formula is C28H29N7O2. The number of nitrogens with zero attached hydrogens (tertiary/aromatic N) is 6. The first-order valence-corrected chi connectivity index (χ1v) is 12.4. The van der Waals surface area contributed by atoms with Crippen LogP contribution in [0.4, 0.5) is 0 Å². The first-order chi connectivity index (χ1) is 18.1. The van der Waals surface area contributed by atoms with Crippen molar-refractivity contribution in [1.29, 1.82) is 0 Å². The van der Waals surface area contributed by atoms with Crippen LogP contribution in [0.1, 0.15) is 37.1 Å². The Morgan fingerprint density at radius 3 is 2.57 bits per heavy atom. The van der Waals surface area contributed by atoms with Crippen LogP contribution >= 0.6 is 0 Å². The molecule has 0 aliphatic carbocycles. The van der Waals surface area contributed by atoms with Crippen molar-refractivity contribution < 1.29 is 4.74 Å². The molecular weight excluding hydrogens is 466 g/mol. The minimum absolute atomic E-state index is 0.0733. The molecule has 0 amide bonds. The average Bonchev–Trinajstić information content (AvgIpc) is 3.58. The zero-order valence-electron chi connectivity index (χ0n) is 21.2. The minimum Gasteiger partial charge on any atom is -0.495 e. The number of aromatic amines is 1. The van der Waals surface area contributed by atoms with E-state index in [2.05, 4.69) is 39.5 Å². The number of benzene rings is 2. The van der Waals surface area contributed by atoms with Gasteiger partial charge in [0, 0.05) is 29.2 Å². The van der Waals surface area contributed by atoms with E-state index in [1.807, 2.05) is 65.4 Å². The number of ether oxygens (including phenoxy) is 1. The lowest BCUT2D eigenvalue weighted by Gasteiger charge is -2.13. The fraction of sp³-hybridized carbons (Fsp3) is 0.250. The van der Waals surface area contributed by atoms with Gasteiger partial charge in [-0.25, -0.2) is 4.79 Å². The van der Waals surface area contributed by atoms with E-state index in [1.165, 1.54) is 0 Å². The highest BCUT2D eigenvalue weighted by Gasteiger charge is 2.18. The molecule has 3 aromatic heterocycles. The second-order valence-corrected chi connectivity index (χ2v) is 8.76. The summed E-state index contributed by atoms with van der Waals surface area (Å²) in [5.74, 6) is 1.19. The van der Waals surface area contributed by atoms with E-state index in [0.29, 0.717) is 18.1 Å². The number of para-hydroxylation sites is 1. The Bertz CT molecular complexity index is 1530. The highest BCUT2D eigenvalue weighted by molar-refractivity contribution is 5.76. The maximum atomic E-state index is 13.7. The standard InChI is InChI=1S/C28H29N7O2/c1-4-8-22-18-35(26-20(5-2)9-6-11-24(26)37-3)28(36)34(22)17-19-12-14-21(15-13-19)25-23(10-7-16-29-25)27-30-32-33-31-27/h6-7,9-16,18H,4-5,8,17H2,1-3H3,(H,30,31,32,33). The summed E-state index contributed by atoms with van der Waals surface area (Å²) in [6.07, 6.45) is 6.25. The van der Waals surface area contributed by atoms with Crippen LogP contribution in [0, 0.1) is 0 Å². The second kappa shape index (κ2) is 10.6. The van der Waals surface area contributed by atoms with E-state index in [9.17, 15) is 4.79 Å². The number of rotatable bonds is 9. The monoisotopic (exact) mass is 495 g/mol. The van der Waals surface area contributed by atoms with Gasteiger partial charge in [0.05, 0.1) is 25.0 Å². The molecule has 2 aromatic carbocycles. The zero-order chi connectivity index (χ0) is 25.8. The van der Waals surface area contributed by atoms with Crippen molar-refractivity contribution in [3.63, 3.8) is 0 Å². The molecule has 0 saturated heterocycles. The molecule has 0 saturated carbocycles. The molecule has 0 aliphatic heterocycles. The summed E-state index contributed by atoms with van der Waals surface area (Å²) in [5, 5.41) is 14.4. The summed E-state index contributed by atoms with van der Waals surface area (Å²) in [4.78, 5) is 18.3. The fourth-order valence-electron chi connectivity index (χ4n) is 4.65. The number of imidazole rings is 1. The Hall–Kier alpha value is -4.53. The molecule has 37 heavy (non-hydrogen) atoms. The van der Waals surface area contributed by atoms with E-state index in [1.54, 1.807) is 17.9 Å². The van der Waals surface area contributed by atoms with Gasteiger partial charge in [-0.05, 0) is 47.4 Å². The largest absolute Gasteiger partial charge is 0.495 e. The molecule has 5 rings (SSSR count). The molecule has 9 nitrogen and oxygen atoms in total. The Labute approximate surface area is 214 Å². The summed E-state index contributed by atoms with van der Waals surface area (Å²) >= 11 is 0. The molecule has 5 aromatic rings. The van der Waals surface area contributed by atoms with Crippen LogP contribution in [-0.2, 0) is 19.4 Å². The van der Waals surface area contributed by atoms with Crippen LogP contribution in [0.3, 0.4) is 0 Å². The Morgan fingerprint density at radius 2 is 1.86 bits per heavy atom. The predicted octanol–water partition coefficient (Wildman–Crippen LogP) is 4.45. The summed E-state index contributed by atoms with van der Waals surface area (Å²) in [6.45, 7) is 4.67. The van der Waals surface area contributed by atoms with Gasteiger partial charge in [0.2, 0.25) is 5.82 Å². The third-order valence-electron chi connectivity index (χ3n) is 6.45. The van der Waals surface area contributed by atoms with Crippen LogP contribution in [-0.4, -0.2) is 41.9 Å². The van der Waals surface area contributed by atoms with E-state index in [0.717, 1.165) is 58.6 Å². The minimum atomic E-state index is -0.0733. The van der Waals surface area contributed by atoms with Gasteiger partial charge in [0.15, 0.2) is 0 Å². The van der Waals surface area contributed by atoms with Crippen LogP contribution in [0.15, 0.2) is 71.8 Å². The van der Waals surface area contributed by atoms with Gasteiger partial charge >= 0.3 is 5.69 Å². The van der Waals surface area contributed by atoms with Crippen LogP contribution in [0.5, 0.6) is 5.75 Å². The van der Waals surface area contributed by atoms with Crippen molar-refractivity contribution in [2.24, 2.45) is 0 Å². The topological polar surface area (TPSA) is 104 Å². The maximum Gasteiger partial charge on any atom is 0.333 e. The quantitative estimate of drug-likeness (QED) is 0.324. The van der Waals surface area contributed by atoms with E-state index >= 15 is 0 Å². The highest BCUT2D eigenvalue weighted by atomic mass is 16.5. The Morgan fingerprint density at radius 1 is 1.03 bits per heavy atom. The summed E-state index contributed by atoms with van der Waals surface area (Å²) in [6, 6.07) is 17.8. The van der Waals surface area contributed by atoms with Gasteiger partial charge in [0.1, 0.15) is 5.75 Å². The van der Waals surface area contributed by atoms with E-state index in [-0.39, 0.29) is 5.69 Å². The van der Waals surface area contributed by atoms with Gasteiger partial charge < -0.3 is 4.74 Å². The summed E-state index contributed by atoms with van der Waals surface area (Å²) in [5.41, 5.74) is 6.33. The number of hydrogen-bond donors (Lipinski definition) is 1. The zero-order valence-corrected chi connectivity index (χ0v) is 21.2. The molecule has 0 fully saturated rings. The lowest BCUT2D eigenvalue weighted by molar-refractivity contribution is 0.412. The normalized spacial score (nSPS) is 11.1. The van der Waals surface area contributed by atoms with Crippen molar-refractivity contribution in [2.45, 2.75) is 39.7 Å². The number of tetrazole rings is 1. The lowest BCUT2D eigenvalue weighted by atomic mass is 10.0. The lowest BCUT2D eigenvalue weighted by Crippen LogP contribution is -2.25. The SMILES string of the molecule is CCCc1cn(-c2c(CC)cccc2OC)c(=O)n1Cc1ccc(-c2ncccc2-c2nn[nH]n2)cc1. The number of aromatic nitrogens is 7. The number of aryl methyl sites for hydroxylation is 2. The van der Waals surface area contributed by atoms with Crippen LogP contribution < -0.4 is 10.4 Å². The van der Waals surface area contributed by atoms with Crippen molar-refractivity contribution in [3.05, 3.63) is 94.3 Å². The molecule has 0 unspecified atom stereocenters. The number of nitrogens with one attached hydrogen (secondary N) is 1. The second-order valence-electron chi connectivity index (χ2n) is 8.76. The van der Waals surface area contributed by atoms with Crippen LogP contribution in [0.25, 0.3) is 28.3 Å². The van der Waals surface area contributed by atoms with Crippen molar-refractivity contribution in [2.75, 3.05) is 7.11 Å². The summed E-state index contributed by atoms with van der Waals surface area (Å²) in [7, 11) is 1.64. The maximum absolute atomic E-state index is 13.7.